The van der Waals surface area contributed by atoms with Gasteiger partial charge in [0.1, 0.15) is 10.9 Å². The number of sulfonamides is 1. The molecule has 0 fully saturated rings. The van der Waals surface area contributed by atoms with E-state index in [2.05, 4.69) is 0 Å². The molecule has 0 saturated carbocycles. The molecule has 1 unspecified atom stereocenters. The Hall–Kier alpha value is -3.25. The van der Waals surface area contributed by atoms with Crippen molar-refractivity contribution in [2.24, 2.45) is 0 Å². The van der Waals surface area contributed by atoms with Crippen molar-refractivity contribution in [3.05, 3.63) is 102 Å². The standard InChI is InChI=1S/C21H15NO4S/c23-20(16-11-5-2-6-12-16)19(15-9-3-1-4-10-15)22-21(24)17-13-7-8-14-18(17)27(22,25)26/h1-14,19H. The van der Waals surface area contributed by atoms with Crippen LogP contribution in [0.1, 0.15) is 32.3 Å². The number of ketones is 1. The van der Waals surface area contributed by atoms with Gasteiger partial charge in [-0.05, 0) is 17.7 Å². The number of benzene rings is 3. The van der Waals surface area contributed by atoms with Crippen LogP contribution >= 0.6 is 0 Å². The third kappa shape index (κ3) is 2.74. The largest absolute Gasteiger partial charge is 0.291 e. The lowest BCUT2D eigenvalue weighted by atomic mass is 9.97. The number of nitrogens with zero attached hydrogens (tertiary/aromatic N) is 1. The summed E-state index contributed by atoms with van der Waals surface area (Å²) in [6, 6.07) is 21.6. The first-order valence-electron chi connectivity index (χ1n) is 8.34. The van der Waals surface area contributed by atoms with Gasteiger partial charge in [-0.1, -0.05) is 72.8 Å². The van der Waals surface area contributed by atoms with Crippen molar-refractivity contribution >= 4 is 21.7 Å². The molecule has 1 atom stereocenters. The van der Waals surface area contributed by atoms with E-state index < -0.39 is 27.8 Å². The maximum atomic E-state index is 13.3. The topological polar surface area (TPSA) is 71.5 Å². The number of amides is 1. The summed E-state index contributed by atoms with van der Waals surface area (Å²) in [6.45, 7) is 0. The predicted molar refractivity (Wildman–Crippen MR) is 99.8 cm³/mol. The molecule has 0 saturated heterocycles. The van der Waals surface area contributed by atoms with Gasteiger partial charge in [0.15, 0.2) is 5.78 Å². The van der Waals surface area contributed by atoms with Crippen LogP contribution in [0.5, 0.6) is 0 Å². The molecule has 5 nitrogen and oxygen atoms in total. The van der Waals surface area contributed by atoms with Gasteiger partial charge in [0.2, 0.25) is 0 Å². The number of carbonyl (C=O) groups excluding carboxylic acids is 2. The summed E-state index contributed by atoms with van der Waals surface area (Å²) >= 11 is 0. The van der Waals surface area contributed by atoms with Crippen LogP contribution in [0, 0.1) is 0 Å². The molecule has 4 rings (SSSR count). The average molecular weight is 377 g/mol. The van der Waals surface area contributed by atoms with Gasteiger partial charge in [-0.2, -0.15) is 0 Å². The Labute approximate surface area is 156 Å². The van der Waals surface area contributed by atoms with Crippen molar-refractivity contribution in [1.82, 2.24) is 4.31 Å². The van der Waals surface area contributed by atoms with Gasteiger partial charge >= 0.3 is 0 Å². The molecule has 1 aliphatic heterocycles. The van der Waals surface area contributed by atoms with Crippen LogP contribution in [0.2, 0.25) is 0 Å². The number of hydrogen-bond donors (Lipinski definition) is 0. The number of hydrogen-bond acceptors (Lipinski definition) is 4. The van der Waals surface area contributed by atoms with E-state index in [9.17, 15) is 18.0 Å². The summed E-state index contributed by atoms with van der Waals surface area (Å²) in [5.74, 6) is -1.14. The third-order valence-electron chi connectivity index (χ3n) is 4.51. The average Bonchev–Trinajstić information content (AvgIpc) is 2.91. The molecule has 6 heteroatoms. The highest BCUT2D eigenvalue weighted by Gasteiger charge is 2.47. The SMILES string of the molecule is O=C(c1ccccc1)C(c1ccccc1)N1C(=O)c2ccccc2S1(=O)=O. The number of rotatable bonds is 4. The van der Waals surface area contributed by atoms with Gasteiger partial charge in [-0.15, -0.1) is 0 Å². The van der Waals surface area contributed by atoms with Gasteiger partial charge in [0, 0.05) is 5.56 Å². The van der Waals surface area contributed by atoms with Crippen LogP contribution in [-0.2, 0) is 10.0 Å². The normalized spacial score (nSPS) is 16.0. The van der Waals surface area contributed by atoms with Crippen LogP contribution < -0.4 is 0 Å². The maximum Gasteiger partial charge on any atom is 0.270 e. The summed E-state index contributed by atoms with van der Waals surface area (Å²) in [5.41, 5.74) is 0.862. The molecule has 27 heavy (non-hydrogen) atoms. The molecular weight excluding hydrogens is 362 g/mol. The zero-order valence-electron chi connectivity index (χ0n) is 14.1. The zero-order chi connectivity index (χ0) is 19.0. The fourth-order valence-electron chi connectivity index (χ4n) is 3.25. The monoisotopic (exact) mass is 377 g/mol. The molecule has 0 spiro atoms. The van der Waals surface area contributed by atoms with E-state index in [1.807, 2.05) is 0 Å². The molecule has 134 valence electrons. The molecule has 0 bridgehead atoms. The Bertz CT molecular complexity index is 1130. The second-order valence-corrected chi connectivity index (χ2v) is 7.93. The van der Waals surface area contributed by atoms with Crippen molar-refractivity contribution in [2.75, 3.05) is 0 Å². The molecule has 0 aromatic heterocycles. The van der Waals surface area contributed by atoms with E-state index in [0.29, 0.717) is 15.4 Å². The third-order valence-corrected chi connectivity index (χ3v) is 6.32. The van der Waals surface area contributed by atoms with Gasteiger partial charge in [0.25, 0.3) is 15.9 Å². The number of fused-ring (bicyclic) bond motifs is 1. The maximum absolute atomic E-state index is 13.3. The number of carbonyl (C=O) groups is 2. The molecule has 0 N–H and O–H groups in total. The Balaban J connectivity index is 1.91. The van der Waals surface area contributed by atoms with Crippen molar-refractivity contribution in [3.63, 3.8) is 0 Å². The van der Waals surface area contributed by atoms with Crippen molar-refractivity contribution in [3.8, 4) is 0 Å². The fraction of sp³-hybridized carbons (Fsp3) is 0.0476. The van der Waals surface area contributed by atoms with E-state index in [0.717, 1.165) is 0 Å². The lowest BCUT2D eigenvalue weighted by Gasteiger charge is -2.26. The highest BCUT2D eigenvalue weighted by Crippen LogP contribution is 2.38. The fourth-order valence-corrected chi connectivity index (χ4v) is 4.95. The van der Waals surface area contributed by atoms with Crippen molar-refractivity contribution in [2.45, 2.75) is 10.9 Å². The second kappa shape index (κ2) is 6.48. The Kier molecular flexibility index (Phi) is 4.12. The Morgan fingerprint density at radius 3 is 1.96 bits per heavy atom. The quantitative estimate of drug-likeness (QED) is 0.653. The highest BCUT2D eigenvalue weighted by molar-refractivity contribution is 7.90. The van der Waals surface area contributed by atoms with E-state index in [1.165, 1.54) is 12.1 Å². The predicted octanol–water partition coefficient (Wildman–Crippen LogP) is 3.46. The highest BCUT2D eigenvalue weighted by atomic mass is 32.2. The minimum Gasteiger partial charge on any atom is -0.291 e. The lowest BCUT2D eigenvalue weighted by Crippen LogP contribution is -2.38. The van der Waals surface area contributed by atoms with Gasteiger partial charge in [-0.3, -0.25) is 9.59 Å². The molecule has 1 heterocycles. The molecule has 0 radical (unpaired) electrons. The first-order chi connectivity index (χ1) is 13.0. The van der Waals surface area contributed by atoms with E-state index in [1.54, 1.807) is 72.8 Å². The zero-order valence-corrected chi connectivity index (χ0v) is 15.0. The lowest BCUT2D eigenvalue weighted by molar-refractivity contribution is 0.0751. The van der Waals surface area contributed by atoms with Crippen LogP contribution in [0.15, 0.2) is 89.8 Å². The van der Waals surface area contributed by atoms with E-state index in [4.69, 9.17) is 0 Å². The summed E-state index contributed by atoms with van der Waals surface area (Å²) in [6.07, 6.45) is 0. The minimum absolute atomic E-state index is 0.0724. The van der Waals surface area contributed by atoms with Gasteiger partial charge in [0.05, 0.1) is 5.56 Å². The summed E-state index contributed by atoms with van der Waals surface area (Å²) in [7, 11) is -4.13. The van der Waals surface area contributed by atoms with Gasteiger partial charge < -0.3 is 0 Å². The minimum atomic E-state index is -4.13. The Morgan fingerprint density at radius 1 is 0.778 bits per heavy atom. The molecule has 1 amide bonds. The van der Waals surface area contributed by atoms with E-state index in [-0.39, 0.29) is 10.5 Å². The van der Waals surface area contributed by atoms with Crippen molar-refractivity contribution in [1.29, 1.82) is 0 Å². The van der Waals surface area contributed by atoms with E-state index >= 15 is 0 Å². The molecule has 0 aliphatic carbocycles. The summed E-state index contributed by atoms with van der Waals surface area (Å²) in [4.78, 5) is 26.1. The summed E-state index contributed by atoms with van der Waals surface area (Å²) in [5, 5.41) is 0. The van der Waals surface area contributed by atoms with Crippen LogP contribution in [0.25, 0.3) is 0 Å². The molecule has 3 aromatic carbocycles. The molecule has 3 aromatic rings. The first-order valence-corrected chi connectivity index (χ1v) is 9.78. The second-order valence-electron chi connectivity index (χ2n) is 6.15. The molecular formula is C21H15NO4S. The summed E-state index contributed by atoms with van der Waals surface area (Å²) < 4.78 is 26.9. The molecule has 1 aliphatic rings. The Morgan fingerprint density at radius 2 is 1.33 bits per heavy atom. The van der Waals surface area contributed by atoms with Crippen LogP contribution in [0.3, 0.4) is 0 Å². The van der Waals surface area contributed by atoms with Crippen molar-refractivity contribution < 1.29 is 18.0 Å². The van der Waals surface area contributed by atoms with Crippen LogP contribution in [-0.4, -0.2) is 24.4 Å². The smallest absolute Gasteiger partial charge is 0.270 e. The van der Waals surface area contributed by atoms with Crippen LogP contribution in [0.4, 0.5) is 0 Å². The number of Topliss-reactive ketones (excluding diaryl/α,β-unsaturated/α-hetero) is 1. The van der Waals surface area contributed by atoms with Gasteiger partial charge in [-0.25, -0.2) is 12.7 Å². The first kappa shape index (κ1) is 17.2.